The SMILES string of the molecule is CC1(C)CCCN1S(=O)(=O)c1cc(CO)cs1. The fourth-order valence-electron chi connectivity index (χ4n) is 2.21. The lowest BCUT2D eigenvalue weighted by Gasteiger charge is -2.29. The molecule has 2 rings (SSSR count). The van der Waals surface area contributed by atoms with Gasteiger partial charge in [0.2, 0.25) is 0 Å². The largest absolute Gasteiger partial charge is 0.392 e. The van der Waals surface area contributed by atoms with Crippen LogP contribution in [0.1, 0.15) is 32.3 Å². The van der Waals surface area contributed by atoms with Crippen LogP contribution in [0.5, 0.6) is 0 Å². The molecule has 0 spiro atoms. The predicted molar refractivity (Wildman–Crippen MR) is 67.4 cm³/mol. The van der Waals surface area contributed by atoms with Gasteiger partial charge in [-0.2, -0.15) is 4.31 Å². The van der Waals surface area contributed by atoms with Crippen molar-refractivity contribution in [2.45, 2.75) is 43.0 Å². The zero-order valence-electron chi connectivity index (χ0n) is 10.0. The van der Waals surface area contributed by atoms with E-state index in [9.17, 15) is 8.42 Å². The van der Waals surface area contributed by atoms with Gasteiger partial charge in [-0.15, -0.1) is 11.3 Å². The van der Waals surface area contributed by atoms with E-state index in [2.05, 4.69) is 0 Å². The molecule has 0 radical (unpaired) electrons. The Balaban J connectivity index is 2.36. The molecule has 0 saturated carbocycles. The average molecular weight is 275 g/mol. The van der Waals surface area contributed by atoms with E-state index in [1.165, 1.54) is 11.3 Å². The van der Waals surface area contributed by atoms with Crippen LogP contribution in [0.2, 0.25) is 0 Å². The third-order valence-corrected chi connectivity index (χ3v) is 6.76. The molecule has 6 heteroatoms. The van der Waals surface area contributed by atoms with Gasteiger partial charge in [-0.05, 0) is 43.7 Å². The second kappa shape index (κ2) is 4.35. The maximum atomic E-state index is 12.4. The van der Waals surface area contributed by atoms with Crippen molar-refractivity contribution in [2.75, 3.05) is 6.54 Å². The Bertz CT molecular complexity index is 505. The molecule has 0 amide bonds. The lowest BCUT2D eigenvalue weighted by Crippen LogP contribution is -2.42. The molecule has 1 aromatic rings. The van der Waals surface area contributed by atoms with Gasteiger partial charge in [0.15, 0.2) is 0 Å². The summed E-state index contributed by atoms with van der Waals surface area (Å²) in [7, 11) is -3.39. The summed E-state index contributed by atoms with van der Waals surface area (Å²) in [4.78, 5) is 0. The van der Waals surface area contributed by atoms with Crippen molar-refractivity contribution in [2.24, 2.45) is 0 Å². The lowest BCUT2D eigenvalue weighted by atomic mass is 10.0. The third-order valence-electron chi connectivity index (χ3n) is 3.18. The van der Waals surface area contributed by atoms with Crippen LogP contribution in [0.3, 0.4) is 0 Å². The van der Waals surface area contributed by atoms with Crippen molar-refractivity contribution in [3.05, 3.63) is 17.0 Å². The van der Waals surface area contributed by atoms with Gasteiger partial charge in [0.25, 0.3) is 10.0 Å². The Morgan fingerprint density at radius 1 is 1.53 bits per heavy atom. The highest BCUT2D eigenvalue weighted by Crippen LogP contribution is 2.35. The first-order valence-corrected chi connectivity index (χ1v) is 7.91. The van der Waals surface area contributed by atoms with E-state index in [4.69, 9.17) is 5.11 Å². The van der Waals surface area contributed by atoms with E-state index in [0.717, 1.165) is 12.8 Å². The molecule has 1 saturated heterocycles. The summed E-state index contributed by atoms with van der Waals surface area (Å²) in [6.07, 6.45) is 1.80. The van der Waals surface area contributed by atoms with Crippen molar-refractivity contribution in [3.8, 4) is 0 Å². The van der Waals surface area contributed by atoms with Gasteiger partial charge in [-0.25, -0.2) is 8.42 Å². The number of aliphatic hydroxyl groups excluding tert-OH is 1. The highest BCUT2D eigenvalue weighted by atomic mass is 32.2. The monoisotopic (exact) mass is 275 g/mol. The molecule has 1 fully saturated rings. The van der Waals surface area contributed by atoms with E-state index in [0.29, 0.717) is 16.3 Å². The maximum Gasteiger partial charge on any atom is 0.253 e. The van der Waals surface area contributed by atoms with Gasteiger partial charge >= 0.3 is 0 Å². The van der Waals surface area contributed by atoms with E-state index in [1.807, 2.05) is 13.8 Å². The van der Waals surface area contributed by atoms with Gasteiger partial charge in [0.05, 0.1) is 6.61 Å². The molecular weight excluding hydrogens is 258 g/mol. The van der Waals surface area contributed by atoms with Gasteiger partial charge in [0, 0.05) is 12.1 Å². The van der Waals surface area contributed by atoms with Crippen LogP contribution in [0.25, 0.3) is 0 Å². The average Bonchev–Trinajstić information content (AvgIpc) is 2.83. The molecule has 1 aliphatic rings. The van der Waals surface area contributed by atoms with Crippen molar-refractivity contribution >= 4 is 21.4 Å². The molecule has 2 heterocycles. The van der Waals surface area contributed by atoms with Crippen molar-refractivity contribution in [3.63, 3.8) is 0 Å². The maximum absolute atomic E-state index is 12.4. The Morgan fingerprint density at radius 3 is 2.71 bits per heavy atom. The van der Waals surface area contributed by atoms with Gasteiger partial charge < -0.3 is 5.11 Å². The number of aliphatic hydroxyl groups is 1. The third kappa shape index (κ3) is 2.27. The van der Waals surface area contributed by atoms with Crippen LogP contribution < -0.4 is 0 Å². The van der Waals surface area contributed by atoms with Crippen LogP contribution in [0.4, 0.5) is 0 Å². The Hall–Kier alpha value is -0.430. The van der Waals surface area contributed by atoms with Crippen LogP contribution in [0, 0.1) is 0 Å². The van der Waals surface area contributed by atoms with Crippen molar-refractivity contribution in [1.82, 2.24) is 4.31 Å². The zero-order chi connectivity index (χ0) is 12.7. The second-order valence-corrected chi connectivity index (χ2v) is 7.93. The number of hydrogen-bond donors (Lipinski definition) is 1. The van der Waals surface area contributed by atoms with Gasteiger partial charge in [0.1, 0.15) is 4.21 Å². The lowest BCUT2D eigenvalue weighted by molar-refractivity contribution is 0.282. The van der Waals surface area contributed by atoms with Crippen LogP contribution in [-0.4, -0.2) is 29.9 Å². The molecule has 1 aromatic heterocycles. The van der Waals surface area contributed by atoms with Gasteiger partial charge in [-0.3, -0.25) is 0 Å². The summed E-state index contributed by atoms with van der Waals surface area (Å²) in [6.45, 7) is 4.38. The normalized spacial score (nSPS) is 20.9. The quantitative estimate of drug-likeness (QED) is 0.915. The fourth-order valence-corrected chi connectivity index (χ4v) is 5.37. The number of hydrogen-bond acceptors (Lipinski definition) is 4. The molecule has 17 heavy (non-hydrogen) atoms. The molecule has 0 atom stereocenters. The Morgan fingerprint density at radius 2 is 2.24 bits per heavy atom. The Labute approximate surface area is 106 Å². The summed E-state index contributed by atoms with van der Waals surface area (Å²) in [6, 6.07) is 1.56. The summed E-state index contributed by atoms with van der Waals surface area (Å²) in [5, 5.41) is 10.7. The minimum Gasteiger partial charge on any atom is -0.392 e. The zero-order valence-corrected chi connectivity index (χ0v) is 11.6. The Kier molecular flexibility index (Phi) is 3.33. The van der Waals surface area contributed by atoms with Crippen molar-refractivity contribution < 1.29 is 13.5 Å². The van der Waals surface area contributed by atoms with Crippen LogP contribution in [0.15, 0.2) is 15.7 Å². The highest BCUT2D eigenvalue weighted by molar-refractivity contribution is 7.91. The highest BCUT2D eigenvalue weighted by Gasteiger charge is 2.41. The standard InChI is InChI=1S/C11H17NO3S2/c1-11(2)4-3-5-12(11)17(14,15)10-6-9(7-13)8-16-10/h6,8,13H,3-5,7H2,1-2H3. The summed E-state index contributed by atoms with van der Waals surface area (Å²) in [5.74, 6) is 0. The first kappa shape index (κ1) is 13.0. The fraction of sp³-hybridized carbons (Fsp3) is 0.636. The van der Waals surface area contributed by atoms with Gasteiger partial charge in [-0.1, -0.05) is 0 Å². The molecule has 0 aliphatic carbocycles. The molecule has 1 N–H and O–H groups in total. The molecule has 0 bridgehead atoms. The summed E-state index contributed by atoms with van der Waals surface area (Å²) < 4.78 is 26.8. The summed E-state index contributed by atoms with van der Waals surface area (Å²) >= 11 is 1.18. The number of nitrogens with zero attached hydrogens (tertiary/aromatic N) is 1. The smallest absolute Gasteiger partial charge is 0.253 e. The molecule has 96 valence electrons. The molecule has 4 nitrogen and oxygen atoms in total. The minimum absolute atomic E-state index is 0.116. The number of thiophene rings is 1. The first-order chi connectivity index (χ1) is 7.88. The van der Waals surface area contributed by atoms with E-state index >= 15 is 0 Å². The molecule has 0 aromatic carbocycles. The topological polar surface area (TPSA) is 57.6 Å². The minimum atomic E-state index is -3.39. The van der Waals surface area contributed by atoms with Crippen LogP contribution >= 0.6 is 11.3 Å². The van der Waals surface area contributed by atoms with Crippen molar-refractivity contribution in [1.29, 1.82) is 0 Å². The van der Waals surface area contributed by atoms with E-state index in [-0.39, 0.29) is 12.1 Å². The molecular formula is C11H17NO3S2. The molecule has 0 unspecified atom stereocenters. The number of sulfonamides is 1. The van der Waals surface area contributed by atoms with E-state index in [1.54, 1.807) is 15.8 Å². The van der Waals surface area contributed by atoms with E-state index < -0.39 is 10.0 Å². The van der Waals surface area contributed by atoms with Crippen LogP contribution in [-0.2, 0) is 16.6 Å². The molecule has 1 aliphatic heterocycles. The number of rotatable bonds is 3. The second-order valence-electron chi connectivity index (χ2n) is 4.93. The first-order valence-electron chi connectivity index (χ1n) is 5.59. The predicted octanol–water partition coefficient (Wildman–Crippen LogP) is 1.80. The summed E-state index contributed by atoms with van der Waals surface area (Å²) in [5.41, 5.74) is 0.355.